The number of benzene rings is 1. The Bertz CT molecular complexity index is 546. The Kier molecular flexibility index (Phi) is 7.05. The second kappa shape index (κ2) is 8.10. The highest BCUT2D eigenvalue weighted by Crippen LogP contribution is 2.13. The van der Waals surface area contributed by atoms with Crippen molar-refractivity contribution in [2.45, 2.75) is 64.0 Å². The van der Waals surface area contributed by atoms with Crippen LogP contribution in [0.5, 0.6) is 0 Å². The lowest BCUT2D eigenvalue weighted by atomic mass is 10.0. The third kappa shape index (κ3) is 7.93. The molecule has 2 atom stereocenters. The van der Waals surface area contributed by atoms with Crippen molar-refractivity contribution in [2.24, 2.45) is 0 Å². The summed E-state index contributed by atoms with van der Waals surface area (Å²) in [5.41, 5.74) is 4.65. The van der Waals surface area contributed by atoms with Gasteiger partial charge in [0, 0.05) is 12.5 Å². The molecule has 0 spiro atoms. The molecule has 2 nitrogen and oxygen atoms in total. The number of hydrogen-bond donors (Lipinski definition) is 1. The van der Waals surface area contributed by atoms with Crippen molar-refractivity contribution in [3.05, 3.63) is 35.9 Å². The van der Waals surface area contributed by atoms with Gasteiger partial charge >= 0.3 is 0 Å². The second-order valence-corrected chi connectivity index (χ2v) is 14.4. The van der Waals surface area contributed by atoms with Crippen molar-refractivity contribution in [2.75, 3.05) is 0 Å². The van der Waals surface area contributed by atoms with E-state index >= 15 is 0 Å². The molecular formula is C18H29NOSSi. The van der Waals surface area contributed by atoms with Crippen LogP contribution in [0.1, 0.15) is 32.8 Å². The number of hydrogen-bond acceptors (Lipinski definition) is 1. The van der Waals surface area contributed by atoms with Crippen molar-refractivity contribution >= 4 is 19.1 Å². The summed E-state index contributed by atoms with van der Waals surface area (Å²) in [6.45, 7) is 12.7. The van der Waals surface area contributed by atoms with Gasteiger partial charge in [-0.25, -0.2) is 8.93 Å². The predicted octanol–water partition coefficient (Wildman–Crippen LogP) is 3.92. The molecule has 0 heterocycles. The van der Waals surface area contributed by atoms with Gasteiger partial charge in [0.2, 0.25) is 0 Å². The Labute approximate surface area is 139 Å². The van der Waals surface area contributed by atoms with Gasteiger partial charge in [0.1, 0.15) is 8.07 Å². The third-order valence-corrected chi connectivity index (χ3v) is 5.55. The molecule has 0 aliphatic carbocycles. The van der Waals surface area contributed by atoms with Gasteiger partial charge in [-0.05, 0) is 32.8 Å². The summed E-state index contributed by atoms with van der Waals surface area (Å²) < 4.78 is 15.4. The van der Waals surface area contributed by atoms with Gasteiger partial charge < -0.3 is 0 Å². The highest BCUT2D eigenvalue weighted by atomic mass is 32.2. The van der Waals surface area contributed by atoms with E-state index in [-0.39, 0.29) is 10.8 Å². The maximum Gasteiger partial charge on any atom is 0.129 e. The first kappa shape index (κ1) is 19.2. The molecule has 122 valence electrons. The van der Waals surface area contributed by atoms with E-state index in [2.05, 4.69) is 48.0 Å². The first-order valence-corrected chi connectivity index (χ1v) is 12.4. The van der Waals surface area contributed by atoms with Gasteiger partial charge in [-0.3, -0.25) is 0 Å². The molecule has 22 heavy (non-hydrogen) atoms. The fourth-order valence-corrected chi connectivity index (χ4v) is 3.28. The smallest absolute Gasteiger partial charge is 0.129 e. The molecule has 1 N–H and O–H groups in total. The molecule has 0 fully saturated rings. The largest absolute Gasteiger partial charge is 0.242 e. The molecule has 0 aliphatic heterocycles. The number of nitrogens with one attached hydrogen (secondary N) is 1. The lowest BCUT2D eigenvalue weighted by molar-refractivity contribution is 0.587. The van der Waals surface area contributed by atoms with E-state index < -0.39 is 19.1 Å². The maximum absolute atomic E-state index is 12.4. The van der Waals surface area contributed by atoms with Crippen LogP contribution in [0.4, 0.5) is 0 Å². The lowest BCUT2D eigenvalue weighted by Gasteiger charge is -2.23. The minimum atomic E-state index is -1.36. The molecule has 1 aromatic carbocycles. The molecule has 0 saturated heterocycles. The van der Waals surface area contributed by atoms with Crippen molar-refractivity contribution in [1.29, 1.82) is 0 Å². The molecule has 4 heteroatoms. The van der Waals surface area contributed by atoms with Crippen LogP contribution < -0.4 is 4.72 Å². The molecule has 0 aliphatic rings. The van der Waals surface area contributed by atoms with E-state index in [4.69, 9.17) is 0 Å². The van der Waals surface area contributed by atoms with Gasteiger partial charge in [0.15, 0.2) is 0 Å². The zero-order valence-corrected chi connectivity index (χ0v) is 16.5. The molecule has 0 radical (unpaired) electrons. The molecule has 1 unspecified atom stereocenters. The summed E-state index contributed by atoms with van der Waals surface area (Å²) >= 11 is 0. The fourth-order valence-electron chi connectivity index (χ4n) is 1.82. The monoisotopic (exact) mass is 335 g/mol. The summed E-state index contributed by atoms with van der Waals surface area (Å²) in [7, 11) is -2.43. The second-order valence-electron chi connectivity index (χ2n) is 7.64. The molecule has 1 rings (SSSR count). The zero-order chi connectivity index (χ0) is 16.8. The van der Waals surface area contributed by atoms with Crippen molar-refractivity contribution in [1.82, 2.24) is 4.72 Å². The maximum atomic E-state index is 12.4. The average Bonchev–Trinajstić information content (AvgIpc) is 2.37. The lowest BCUT2D eigenvalue weighted by Crippen LogP contribution is -2.40. The Morgan fingerprint density at radius 2 is 1.77 bits per heavy atom. The van der Waals surface area contributed by atoms with Gasteiger partial charge in [-0.2, -0.15) is 0 Å². The molecule has 0 bridgehead atoms. The van der Waals surface area contributed by atoms with Crippen LogP contribution in [-0.4, -0.2) is 23.1 Å². The quantitative estimate of drug-likeness (QED) is 0.641. The van der Waals surface area contributed by atoms with Crippen LogP contribution >= 0.6 is 0 Å². The Balaban J connectivity index is 2.80. The molecule has 0 saturated carbocycles. The Hall–Kier alpha value is -0.893. The third-order valence-electron chi connectivity index (χ3n) is 2.97. The summed E-state index contributed by atoms with van der Waals surface area (Å²) in [6, 6.07) is 10.4. The van der Waals surface area contributed by atoms with Crippen LogP contribution in [0.25, 0.3) is 0 Å². The van der Waals surface area contributed by atoms with Gasteiger partial charge in [-0.15, -0.1) is 11.5 Å². The molecular weight excluding hydrogens is 306 g/mol. The zero-order valence-electron chi connectivity index (χ0n) is 14.7. The van der Waals surface area contributed by atoms with Gasteiger partial charge in [0.05, 0.1) is 15.7 Å². The molecule has 1 aromatic rings. The first-order chi connectivity index (χ1) is 10.1. The van der Waals surface area contributed by atoms with E-state index in [9.17, 15) is 4.21 Å². The van der Waals surface area contributed by atoms with Gasteiger partial charge in [0.25, 0.3) is 0 Å². The number of rotatable bonds is 5. The SMILES string of the molecule is CC(C)(C)S(=O)N[C@@H](CC#C[Si](C)(C)C)Cc1ccccc1. The molecule has 0 aromatic heterocycles. The fraction of sp³-hybridized carbons (Fsp3) is 0.556. The van der Waals surface area contributed by atoms with Crippen molar-refractivity contribution < 1.29 is 4.21 Å². The normalized spacial score (nSPS) is 14.8. The predicted molar refractivity (Wildman–Crippen MR) is 101 cm³/mol. The van der Waals surface area contributed by atoms with E-state index in [0.29, 0.717) is 0 Å². The van der Waals surface area contributed by atoms with E-state index in [1.54, 1.807) is 0 Å². The van der Waals surface area contributed by atoms with E-state index in [0.717, 1.165) is 12.8 Å². The standard InChI is InChI=1S/C18H29NOSSi/c1-18(2,3)21(20)19-17(13-10-14-22(4,5)6)15-16-11-8-7-9-12-16/h7-9,11-12,17,19H,13,15H2,1-6H3/t17-,21?/m0/s1. The Morgan fingerprint density at radius 3 is 2.27 bits per heavy atom. The topological polar surface area (TPSA) is 29.1 Å². The van der Waals surface area contributed by atoms with Crippen LogP contribution in [0, 0.1) is 11.5 Å². The first-order valence-electron chi connectivity index (χ1n) is 7.80. The minimum Gasteiger partial charge on any atom is -0.242 e. The van der Waals surface area contributed by atoms with Crippen LogP contribution in [0.2, 0.25) is 19.6 Å². The van der Waals surface area contributed by atoms with Crippen molar-refractivity contribution in [3.63, 3.8) is 0 Å². The summed E-state index contributed by atoms with van der Waals surface area (Å²) in [6.07, 6.45) is 1.59. The van der Waals surface area contributed by atoms with E-state index in [1.165, 1.54) is 5.56 Å². The summed E-state index contributed by atoms with van der Waals surface area (Å²) in [5.74, 6) is 3.32. The van der Waals surface area contributed by atoms with E-state index in [1.807, 2.05) is 39.0 Å². The Morgan fingerprint density at radius 1 is 1.18 bits per heavy atom. The molecule has 0 amide bonds. The highest BCUT2D eigenvalue weighted by Gasteiger charge is 2.22. The van der Waals surface area contributed by atoms with Crippen molar-refractivity contribution in [3.8, 4) is 11.5 Å². The summed E-state index contributed by atoms with van der Waals surface area (Å²) in [5, 5.41) is 0. The van der Waals surface area contributed by atoms with Gasteiger partial charge in [-0.1, -0.05) is 50.0 Å². The minimum absolute atomic E-state index is 0.117. The van der Waals surface area contributed by atoms with Crippen LogP contribution in [-0.2, 0) is 17.4 Å². The average molecular weight is 336 g/mol. The summed E-state index contributed by atoms with van der Waals surface area (Å²) in [4.78, 5) is 0. The highest BCUT2D eigenvalue weighted by molar-refractivity contribution is 7.84. The van der Waals surface area contributed by atoms with Crippen LogP contribution in [0.3, 0.4) is 0 Å². The van der Waals surface area contributed by atoms with Crippen LogP contribution in [0.15, 0.2) is 30.3 Å².